The molecule has 0 saturated carbocycles. The Labute approximate surface area is 142 Å². The van der Waals surface area contributed by atoms with Crippen molar-refractivity contribution in [1.82, 2.24) is 4.90 Å². The monoisotopic (exact) mass is 326 g/mol. The normalized spacial score (nSPS) is 11.5. The van der Waals surface area contributed by atoms with Crippen molar-refractivity contribution in [2.24, 2.45) is 0 Å². The van der Waals surface area contributed by atoms with Gasteiger partial charge in [0.15, 0.2) is 0 Å². The Balaban J connectivity index is 2.28. The van der Waals surface area contributed by atoms with Crippen LogP contribution in [0.1, 0.15) is 22.0 Å². The zero-order valence-corrected chi connectivity index (χ0v) is 14.4. The van der Waals surface area contributed by atoms with Gasteiger partial charge in [-0.15, -0.1) is 0 Å². The summed E-state index contributed by atoms with van der Waals surface area (Å²) in [6.07, 6.45) is -0.961. The second-order valence-electron chi connectivity index (χ2n) is 5.87. The molecule has 5 nitrogen and oxygen atoms in total. The van der Waals surface area contributed by atoms with Crippen molar-refractivity contribution in [3.63, 3.8) is 0 Å². The summed E-state index contributed by atoms with van der Waals surface area (Å²) in [5.41, 5.74) is 1.95. The predicted octanol–water partition coefficient (Wildman–Crippen LogP) is 2.74. The minimum atomic E-state index is -0.961. The molecule has 0 spiro atoms. The van der Waals surface area contributed by atoms with Gasteiger partial charge in [0.05, 0.1) is 5.56 Å². The van der Waals surface area contributed by atoms with Gasteiger partial charge in [0, 0.05) is 39.4 Å². The molecule has 0 heterocycles. The molecule has 2 aromatic carbocycles. The maximum Gasteiger partial charge on any atom is 0.339 e. The number of amides is 1. The van der Waals surface area contributed by atoms with Gasteiger partial charge in [0.1, 0.15) is 0 Å². The maximum atomic E-state index is 12.5. The number of nitrogens with zero attached hydrogens (tertiary/aromatic N) is 2. The second-order valence-corrected chi connectivity index (χ2v) is 5.87. The second kappa shape index (κ2) is 7.64. The van der Waals surface area contributed by atoms with E-state index in [0.717, 1.165) is 5.69 Å². The predicted molar refractivity (Wildman–Crippen MR) is 94.1 cm³/mol. The fraction of sp³-hybridized carbons (Fsp3) is 0.263. The highest BCUT2D eigenvalue weighted by Crippen LogP contribution is 2.22. The van der Waals surface area contributed by atoms with Gasteiger partial charge >= 0.3 is 5.97 Å². The van der Waals surface area contributed by atoms with Crippen molar-refractivity contribution in [1.29, 1.82) is 0 Å². The van der Waals surface area contributed by atoms with Crippen LogP contribution >= 0.6 is 0 Å². The summed E-state index contributed by atoms with van der Waals surface area (Å²) >= 11 is 0. The largest absolute Gasteiger partial charge is 0.444 e. The minimum absolute atomic E-state index is 0.279. The smallest absolute Gasteiger partial charge is 0.339 e. The first kappa shape index (κ1) is 17.5. The van der Waals surface area contributed by atoms with Crippen LogP contribution in [0, 0.1) is 0 Å². The first-order valence-corrected chi connectivity index (χ1v) is 7.64. The van der Waals surface area contributed by atoms with Crippen molar-refractivity contribution < 1.29 is 14.3 Å². The van der Waals surface area contributed by atoms with Gasteiger partial charge in [-0.05, 0) is 18.2 Å². The van der Waals surface area contributed by atoms with E-state index in [1.54, 1.807) is 44.4 Å². The lowest BCUT2D eigenvalue weighted by Crippen LogP contribution is -2.31. The van der Waals surface area contributed by atoms with Crippen molar-refractivity contribution >= 4 is 17.6 Å². The Kier molecular flexibility index (Phi) is 5.58. The van der Waals surface area contributed by atoms with E-state index in [4.69, 9.17) is 4.74 Å². The van der Waals surface area contributed by atoms with Crippen LogP contribution in [0.4, 0.5) is 5.69 Å². The Morgan fingerprint density at radius 2 is 1.58 bits per heavy atom. The molecule has 0 bridgehead atoms. The molecule has 0 fully saturated rings. The minimum Gasteiger partial charge on any atom is -0.444 e. The summed E-state index contributed by atoms with van der Waals surface area (Å²) in [4.78, 5) is 28.3. The van der Waals surface area contributed by atoms with Crippen molar-refractivity contribution in [3.05, 3.63) is 65.7 Å². The molecule has 0 unspecified atom stereocenters. The Morgan fingerprint density at radius 1 is 0.917 bits per heavy atom. The number of esters is 1. The van der Waals surface area contributed by atoms with E-state index >= 15 is 0 Å². The van der Waals surface area contributed by atoms with E-state index in [0.29, 0.717) is 11.1 Å². The fourth-order valence-electron chi connectivity index (χ4n) is 2.21. The van der Waals surface area contributed by atoms with Crippen LogP contribution in [0.5, 0.6) is 0 Å². The highest BCUT2D eigenvalue weighted by atomic mass is 16.5. The van der Waals surface area contributed by atoms with Gasteiger partial charge in [-0.2, -0.15) is 0 Å². The first-order valence-electron chi connectivity index (χ1n) is 7.64. The van der Waals surface area contributed by atoms with Crippen LogP contribution < -0.4 is 4.90 Å². The Morgan fingerprint density at radius 3 is 2.17 bits per heavy atom. The number of likely N-dealkylation sites (N-methyl/N-ethyl adjacent to an activating group) is 1. The molecule has 0 aromatic heterocycles. The molecular formula is C19H22N2O3. The SMILES string of the molecule is CN(C)C(=O)[C@@H](OC(=O)c1cccc(N(C)C)c1)c1ccccc1. The quantitative estimate of drug-likeness (QED) is 0.793. The molecule has 0 aliphatic carbocycles. The number of carbonyl (C=O) groups is 2. The molecule has 0 aliphatic rings. The van der Waals surface area contributed by atoms with E-state index in [1.165, 1.54) is 4.90 Å². The molecule has 126 valence electrons. The van der Waals surface area contributed by atoms with E-state index in [2.05, 4.69) is 0 Å². The highest BCUT2D eigenvalue weighted by molar-refractivity contribution is 5.93. The highest BCUT2D eigenvalue weighted by Gasteiger charge is 2.27. The number of hydrogen-bond acceptors (Lipinski definition) is 4. The third kappa shape index (κ3) is 4.13. The van der Waals surface area contributed by atoms with E-state index in [1.807, 2.05) is 43.3 Å². The molecule has 0 saturated heterocycles. The molecule has 1 atom stereocenters. The summed E-state index contributed by atoms with van der Waals surface area (Å²) < 4.78 is 5.53. The van der Waals surface area contributed by atoms with Crippen LogP contribution in [0.25, 0.3) is 0 Å². The average molecular weight is 326 g/mol. The first-order chi connectivity index (χ1) is 11.4. The topological polar surface area (TPSA) is 49.9 Å². The summed E-state index contributed by atoms with van der Waals surface area (Å²) in [6.45, 7) is 0. The van der Waals surface area contributed by atoms with Gasteiger partial charge < -0.3 is 14.5 Å². The number of benzene rings is 2. The molecule has 0 radical (unpaired) electrons. The van der Waals surface area contributed by atoms with E-state index in [-0.39, 0.29) is 5.91 Å². The summed E-state index contributed by atoms with van der Waals surface area (Å²) in [6, 6.07) is 16.1. The van der Waals surface area contributed by atoms with Crippen LogP contribution in [-0.2, 0) is 9.53 Å². The summed E-state index contributed by atoms with van der Waals surface area (Å²) in [5.74, 6) is -0.805. The summed E-state index contributed by atoms with van der Waals surface area (Å²) in [5, 5.41) is 0. The molecule has 1 amide bonds. The Hall–Kier alpha value is -2.82. The van der Waals surface area contributed by atoms with E-state index in [9.17, 15) is 9.59 Å². The van der Waals surface area contributed by atoms with Gasteiger partial charge in [-0.25, -0.2) is 4.79 Å². The van der Waals surface area contributed by atoms with Crippen LogP contribution in [0.15, 0.2) is 54.6 Å². The number of carbonyl (C=O) groups excluding carboxylic acids is 2. The molecule has 24 heavy (non-hydrogen) atoms. The number of rotatable bonds is 5. The molecule has 0 aliphatic heterocycles. The van der Waals surface area contributed by atoms with Crippen LogP contribution in [0.3, 0.4) is 0 Å². The molecule has 5 heteroatoms. The number of ether oxygens (including phenoxy) is 1. The van der Waals surface area contributed by atoms with Crippen LogP contribution in [0.2, 0.25) is 0 Å². The number of hydrogen-bond donors (Lipinski definition) is 0. The van der Waals surface area contributed by atoms with Crippen LogP contribution in [-0.4, -0.2) is 45.0 Å². The van der Waals surface area contributed by atoms with Gasteiger partial charge in [0.25, 0.3) is 5.91 Å². The van der Waals surface area contributed by atoms with E-state index < -0.39 is 12.1 Å². The molecule has 2 rings (SSSR count). The fourth-order valence-corrected chi connectivity index (χ4v) is 2.21. The molecule has 2 aromatic rings. The number of anilines is 1. The lowest BCUT2D eigenvalue weighted by molar-refractivity contribution is -0.138. The van der Waals surface area contributed by atoms with Crippen molar-refractivity contribution in [2.75, 3.05) is 33.1 Å². The average Bonchev–Trinajstić information content (AvgIpc) is 2.59. The Bertz CT molecular complexity index is 712. The molecular weight excluding hydrogens is 304 g/mol. The lowest BCUT2D eigenvalue weighted by Gasteiger charge is -2.21. The van der Waals surface area contributed by atoms with Gasteiger partial charge in [0.2, 0.25) is 6.10 Å². The lowest BCUT2D eigenvalue weighted by atomic mass is 10.1. The van der Waals surface area contributed by atoms with Crippen molar-refractivity contribution in [2.45, 2.75) is 6.10 Å². The third-order valence-corrected chi connectivity index (χ3v) is 3.59. The maximum absolute atomic E-state index is 12.5. The van der Waals surface area contributed by atoms with Crippen molar-refractivity contribution in [3.8, 4) is 0 Å². The molecule has 0 N–H and O–H groups in total. The third-order valence-electron chi connectivity index (χ3n) is 3.59. The van der Waals surface area contributed by atoms with Gasteiger partial charge in [-0.1, -0.05) is 36.4 Å². The van der Waals surface area contributed by atoms with Gasteiger partial charge in [-0.3, -0.25) is 4.79 Å². The zero-order valence-electron chi connectivity index (χ0n) is 14.4. The summed E-state index contributed by atoms with van der Waals surface area (Å²) in [7, 11) is 7.07. The zero-order chi connectivity index (χ0) is 17.7. The standard InChI is InChI=1S/C19H22N2O3/c1-20(2)16-12-8-11-15(13-16)19(23)24-17(18(22)21(3)4)14-9-6-5-7-10-14/h5-13,17H,1-4H3/t17-/m0/s1.